The molecule has 0 aliphatic carbocycles. The van der Waals surface area contributed by atoms with Crippen molar-refractivity contribution in [1.82, 2.24) is 0 Å². The number of benzene rings is 1. The summed E-state index contributed by atoms with van der Waals surface area (Å²) in [5.41, 5.74) is 2.82. The maximum absolute atomic E-state index is 12.3. The van der Waals surface area contributed by atoms with Crippen molar-refractivity contribution in [1.29, 1.82) is 0 Å². The zero-order valence-electron chi connectivity index (χ0n) is 13.9. The highest BCUT2D eigenvalue weighted by Gasteiger charge is 2.32. The minimum atomic E-state index is -0.610. The number of carbonyl (C=O) groups is 2. The van der Waals surface area contributed by atoms with Crippen molar-refractivity contribution < 1.29 is 19.1 Å². The summed E-state index contributed by atoms with van der Waals surface area (Å²) in [6, 6.07) is 7.93. The number of hydrogen-bond donors (Lipinski definition) is 0. The van der Waals surface area contributed by atoms with Crippen molar-refractivity contribution in [3.05, 3.63) is 41.1 Å². The first-order chi connectivity index (χ1) is 11.1. The van der Waals surface area contributed by atoms with Gasteiger partial charge < -0.3 is 14.4 Å². The Labute approximate surface area is 136 Å². The van der Waals surface area contributed by atoms with Crippen LogP contribution in [0.1, 0.15) is 32.3 Å². The van der Waals surface area contributed by atoms with Gasteiger partial charge in [0.05, 0.1) is 13.2 Å². The third-order valence-corrected chi connectivity index (χ3v) is 3.78. The largest absolute Gasteiger partial charge is 0.462 e. The van der Waals surface area contributed by atoms with Crippen molar-refractivity contribution in [2.45, 2.75) is 33.6 Å². The van der Waals surface area contributed by atoms with Gasteiger partial charge in [-0.05, 0) is 45.2 Å². The van der Waals surface area contributed by atoms with Gasteiger partial charge in [-0.1, -0.05) is 18.2 Å². The lowest BCUT2D eigenvalue weighted by Crippen LogP contribution is -2.26. The van der Waals surface area contributed by atoms with E-state index in [1.807, 2.05) is 36.1 Å². The molecule has 1 aliphatic heterocycles. The zero-order chi connectivity index (χ0) is 16.8. The van der Waals surface area contributed by atoms with Gasteiger partial charge in [-0.2, -0.15) is 0 Å². The number of ether oxygens (including phenoxy) is 2. The molecule has 1 aromatic rings. The summed E-state index contributed by atoms with van der Waals surface area (Å²) in [6.07, 6.45) is 1.53. The second kappa shape index (κ2) is 7.81. The van der Waals surface area contributed by atoms with E-state index >= 15 is 0 Å². The minimum absolute atomic E-state index is 0.0226. The predicted octanol–water partition coefficient (Wildman–Crippen LogP) is 2.98. The van der Waals surface area contributed by atoms with Crippen LogP contribution in [0.2, 0.25) is 0 Å². The highest BCUT2D eigenvalue weighted by atomic mass is 16.6. The minimum Gasteiger partial charge on any atom is -0.462 e. The molecule has 0 saturated carbocycles. The van der Waals surface area contributed by atoms with Crippen molar-refractivity contribution in [2.24, 2.45) is 0 Å². The quantitative estimate of drug-likeness (QED) is 0.362. The Kier molecular flexibility index (Phi) is 5.79. The summed E-state index contributed by atoms with van der Waals surface area (Å²) >= 11 is 0. The number of anilines is 1. The summed E-state index contributed by atoms with van der Waals surface area (Å²) < 4.78 is 10.1. The number of rotatable bonds is 5. The third kappa shape index (κ3) is 3.73. The van der Waals surface area contributed by atoms with E-state index in [0.29, 0.717) is 12.1 Å². The molecule has 23 heavy (non-hydrogen) atoms. The topological polar surface area (TPSA) is 55.8 Å². The lowest BCUT2D eigenvalue weighted by molar-refractivity contribution is -0.146. The van der Waals surface area contributed by atoms with Gasteiger partial charge in [-0.15, -0.1) is 0 Å². The van der Waals surface area contributed by atoms with Crippen LogP contribution in [0, 0.1) is 6.92 Å². The van der Waals surface area contributed by atoms with Crippen LogP contribution in [0.3, 0.4) is 0 Å². The molecule has 0 N–H and O–H groups in total. The van der Waals surface area contributed by atoms with Gasteiger partial charge >= 0.3 is 11.9 Å². The second-order valence-corrected chi connectivity index (χ2v) is 5.30. The van der Waals surface area contributed by atoms with E-state index in [1.54, 1.807) is 13.8 Å². The third-order valence-electron chi connectivity index (χ3n) is 3.78. The number of allylic oxidation sites excluding steroid dienone is 1. The lowest BCUT2D eigenvalue weighted by Gasteiger charge is -2.24. The maximum Gasteiger partial charge on any atom is 0.347 e. The van der Waals surface area contributed by atoms with E-state index in [9.17, 15) is 9.59 Å². The molecule has 5 heteroatoms. The number of aryl methyl sites for hydroxylation is 1. The first kappa shape index (κ1) is 17.1. The van der Waals surface area contributed by atoms with E-state index in [-0.39, 0.29) is 18.8 Å². The van der Waals surface area contributed by atoms with Crippen LogP contribution in [0.25, 0.3) is 0 Å². The second-order valence-electron chi connectivity index (χ2n) is 5.30. The highest BCUT2D eigenvalue weighted by Crippen LogP contribution is 2.33. The standard InChI is InChI=1S/C18H23NO4/c1-4-22-17(20)16(18(21)23-5-2)15-11-8-12-19(15)14-10-7-6-9-13(14)3/h6-7,9-10H,4-5,8,11-12H2,1-3H3. The normalized spacial score (nSPS) is 13.9. The van der Waals surface area contributed by atoms with Gasteiger partial charge in [0.1, 0.15) is 0 Å². The van der Waals surface area contributed by atoms with Crippen molar-refractivity contribution in [3.63, 3.8) is 0 Å². The molecule has 1 aromatic carbocycles. The Balaban J connectivity index is 2.48. The molecule has 0 unspecified atom stereocenters. The summed E-state index contributed by atoms with van der Waals surface area (Å²) in [4.78, 5) is 26.6. The van der Waals surface area contributed by atoms with Gasteiger partial charge in [0, 0.05) is 17.9 Å². The van der Waals surface area contributed by atoms with Gasteiger partial charge in [0.2, 0.25) is 0 Å². The SMILES string of the molecule is CCOC(=O)C(C(=O)OCC)=C1CCCN1c1ccccc1C. The fourth-order valence-corrected chi connectivity index (χ4v) is 2.79. The summed E-state index contributed by atoms with van der Waals surface area (Å²) in [7, 11) is 0. The van der Waals surface area contributed by atoms with Gasteiger partial charge in [0.15, 0.2) is 5.57 Å². The molecule has 0 aromatic heterocycles. The molecule has 1 aliphatic rings. The summed E-state index contributed by atoms with van der Waals surface area (Å²) in [5, 5.41) is 0. The molecule has 1 fully saturated rings. The number of nitrogens with zero attached hydrogens (tertiary/aromatic N) is 1. The van der Waals surface area contributed by atoms with Crippen LogP contribution in [0.5, 0.6) is 0 Å². The Morgan fingerprint density at radius 1 is 1.09 bits per heavy atom. The molecule has 0 spiro atoms. The number of para-hydroxylation sites is 1. The number of carbonyl (C=O) groups excluding carboxylic acids is 2. The van der Waals surface area contributed by atoms with Crippen LogP contribution in [-0.2, 0) is 19.1 Å². The molecule has 5 nitrogen and oxygen atoms in total. The molecule has 2 rings (SSSR count). The predicted molar refractivity (Wildman–Crippen MR) is 88.1 cm³/mol. The molecule has 0 atom stereocenters. The monoisotopic (exact) mass is 317 g/mol. The van der Waals surface area contributed by atoms with Crippen molar-refractivity contribution in [2.75, 3.05) is 24.7 Å². The molecule has 1 heterocycles. The van der Waals surface area contributed by atoms with E-state index < -0.39 is 11.9 Å². The fraction of sp³-hybridized carbons (Fsp3) is 0.444. The van der Waals surface area contributed by atoms with E-state index in [4.69, 9.17) is 9.47 Å². The summed E-state index contributed by atoms with van der Waals surface area (Å²) in [6.45, 7) is 6.67. The van der Waals surface area contributed by atoms with Crippen LogP contribution in [0.4, 0.5) is 5.69 Å². The van der Waals surface area contributed by atoms with Crippen LogP contribution >= 0.6 is 0 Å². The molecule has 124 valence electrons. The van der Waals surface area contributed by atoms with Gasteiger partial charge in [0.25, 0.3) is 0 Å². The maximum atomic E-state index is 12.3. The molecule has 0 radical (unpaired) electrons. The number of esters is 2. The Morgan fingerprint density at radius 3 is 2.26 bits per heavy atom. The Hall–Kier alpha value is -2.30. The molecule has 1 saturated heterocycles. The Bertz CT molecular complexity index is 601. The van der Waals surface area contributed by atoms with Crippen molar-refractivity contribution >= 4 is 17.6 Å². The smallest absolute Gasteiger partial charge is 0.347 e. The van der Waals surface area contributed by atoms with E-state index in [0.717, 1.165) is 24.2 Å². The van der Waals surface area contributed by atoms with Crippen LogP contribution in [0.15, 0.2) is 35.5 Å². The van der Waals surface area contributed by atoms with Crippen LogP contribution in [-0.4, -0.2) is 31.7 Å². The summed E-state index contributed by atoms with van der Waals surface area (Å²) in [5.74, 6) is -1.22. The van der Waals surface area contributed by atoms with Crippen LogP contribution < -0.4 is 4.90 Å². The van der Waals surface area contributed by atoms with E-state index in [1.165, 1.54) is 0 Å². The Morgan fingerprint density at radius 2 is 1.70 bits per heavy atom. The molecular formula is C18H23NO4. The first-order valence-corrected chi connectivity index (χ1v) is 8.00. The average molecular weight is 317 g/mol. The van der Waals surface area contributed by atoms with Gasteiger partial charge in [-0.25, -0.2) is 9.59 Å². The van der Waals surface area contributed by atoms with Crippen molar-refractivity contribution in [3.8, 4) is 0 Å². The molecular weight excluding hydrogens is 294 g/mol. The van der Waals surface area contributed by atoms with E-state index in [2.05, 4.69) is 0 Å². The first-order valence-electron chi connectivity index (χ1n) is 8.00. The van der Waals surface area contributed by atoms with Gasteiger partial charge in [-0.3, -0.25) is 0 Å². The fourth-order valence-electron chi connectivity index (χ4n) is 2.79. The number of hydrogen-bond acceptors (Lipinski definition) is 5. The highest BCUT2D eigenvalue weighted by molar-refractivity contribution is 6.15. The molecule has 0 bridgehead atoms. The average Bonchev–Trinajstić information content (AvgIpc) is 2.97. The zero-order valence-corrected chi connectivity index (χ0v) is 13.9. The lowest BCUT2D eigenvalue weighted by atomic mass is 10.1. The molecule has 0 amide bonds.